The quantitative estimate of drug-likeness (QED) is 0.160. The Hall–Kier alpha value is -3.86. The van der Waals surface area contributed by atoms with Gasteiger partial charge in [0.25, 0.3) is 0 Å². The number of aromatic nitrogens is 4. The maximum absolute atomic E-state index is 16.3. The van der Waals surface area contributed by atoms with Crippen LogP contribution in [0.15, 0.2) is 73.1 Å². The monoisotopic (exact) mass is 616 g/mol. The van der Waals surface area contributed by atoms with Gasteiger partial charge in [-0.25, -0.2) is 4.39 Å². The van der Waals surface area contributed by atoms with E-state index in [1.165, 1.54) is 27.6 Å². The molecule has 5 aromatic rings. The SMILES string of the molecule is CCCCC(Cn1nc(C(C)(C)C)cc1-c1cccc[n+]1C)C1(CC)C[n+]2ccc3cccc4c3c2-c2c1ccc(F)c2C4(C)C. The first-order chi connectivity index (χ1) is 21.9. The normalized spacial score (nSPS) is 18.6. The Bertz CT molecular complexity index is 1980. The van der Waals surface area contributed by atoms with E-state index in [-0.39, 0.29) is 16.6 Å². The highest BCUT2D eigenvalue weighted by Gasteiger charge is 2.53. The van der Waals surface area contributed by atoms with E-state index in [0.717, 1.165) is 67.0 Å². The van der Waals surface area contributed by atoms with Gasteiger partial charge in [-0.2, -0.15) is 14.2 Å². The van der Waals surface area contributed by atoms with E-state index >= 15 is 4.39 Å². The number of nitrogens with zero attached hydrogens (tertiary/aromatic N) is 4. The van der Waals surface area contributed by atoms with Crippen molar-refractivity contribution in [3.63, 3.8) is 0 Å². The first-order valence-corrected chi connectivity index (χ1v) is 17.2. The molecule has 238 valence electrons. The van der Waals surface area contributed by atoms with Gasteiger partial charge in [0.2, 0.25) is 11.4 Å². The minimum atomic E-state index is -0.449. The minimum absolute atomic E-state index is 0.0747. The second-order valence-corrected chi connectivity index (χ2v) is 15.4. The maximum atomic E-state index is 16.3. The lowest BCUT2D eigenvalue weighted by Gasteiger charge is -2.45. The van der Waals surface area contributed by atoms with Crippen LogP contribution >= 0.6 is 0 Å². The smallest absolute Gasteiger partial charge is 0.230 e. The van der Waals surface area contributed by atoms with Crippen molar-refractivity contribution in [1.82, 2.24) is 9.78 Å². The van der Waals surface area contributed by atoms with Gasteiger partial charge in [0.05, 0.1) is 22.1 Å². The third kappa shape index (κ3) is 4.48. The van der Waals surface area contributed by atoms with Crippen LogP contribution in [0.4, 0.5) is 4.39 Å². The Morgan fingerprint density at radius 1 is 0.978 bits per heavy atom. The van der Waals surface area contributed by atoms with Crippen molar-refractivity contribution in [2.45, 2.75) is 103 Å². The molecule has 0 spiro atoms. The minimum Gasteiger partial charge on any atom is -0.258 e. The third-order valence-electron chi connectivity index (χ3n) is 11.3. The molecular formula is C41H49FN4+2. The van der Waals surface area contributed by atoms with Gasteiger partial charge in [0.15, 0.2) is 18.9 Å². The molecule has 2 atom stereocenters. The molecule has 46 heavy (non-hydrogen) atoms. The maximum Gasteiger partial charge on any atom is 0.230 e. The van der Waals surface area contributed by atoms with E-state index in [9.17, 15) is 0 Å². The number of hydrogen-bond donors (Lipinski definition) is 0. The topological polar surface area (TPSA) is 25.6 Å². The fourth-order valence-electron chi connectivity index (χ4n) is 8.72. The highest BCUT2D eigenvalue weighted by molar-refractivity contribution is 6.01. The molecule has 2 aromatic carbocycles. The van der Waals surface area contributed by atoms with Gasteiger partial charge in [-0.3, -0.25) is 4.68 Å². The second-order valence-electron chi connectivity index (χ2n) is 15.4. The van der Waals surface area contributed by atoms with Crippen LogP contribution in [0.2, 0.25) is 0 Å². The molecule has 2 unspecified atom stereocenters. The fourth-order valence-corrected chi connectivity index (χ4v) is 8.72. The van der Waals surface area contributed by atoms with Gasteiger partial charge in [-0.1, -0.05) is 85.6 Å². The predicted octanol–water partition coefficient (Wildman–Crippen LogP) is 8.73. The van der Waals surface area contributed by atoms with Gasteiger partial charge in [-0.15, -0.1) is 0 Å². The van der Waals surface area contributed by atoms with E-state index in [2.05, 4.69) is 136 Å². The van der Waals surface area contributed by atoms with Gasteiger partial charge in [-0.05, 0) is 53.5 Å². The summed E-state index contributed by atoms with van der Waals surface area (Å²) in [4.78, 5) is 0. The molecule has 0 saturated heterocycles. The van der Waals surface area contributed by atoms with Crippen LogP contribution in [-0.2, 0) is 36.4 Å². The molecule has 0 fully saturated rings. The fraction of sp³-hybridized carbons (Fsp3) is 0.439. The summed E-state index contributed by atoms with van der Waals surface area (Å²) in [6.45, 7) is 17.5. The Morgan fingerprint density at radius 3 is 2.50 bits per heavy atom. The number of aryl methyl sites for hydroxylation is 1. The summed E-state index contributed by atoms with van der Waals surface area (Å²) in [5, 5.41) is 7.86. The lowest BCUT2D eigenvalue weighted by molar-refractivity contribution is -0.697. The van der Waals surface area contributed by atoms with Gasteiger partial charge in [0, 0.05) is 41.1 Å². The number of pyridine rings is 2. The molecule has 1 aliphatic heterocycles. The lowest BCUT2D eigenvalue weighted by Crippen LogP contribution is -2.56. The van der Waals surface area contributed by atoms with Crippen molar-refractivity contribution < 1.29 is 13.5 Å². The average molecular weight is 617 g/mol. The summed E-state index contributed by atoms with van der Waals surface area (Å²) >= 11 is 0. The van der Waals surface area contributed by atoms with Crippen molar-refractivity contribution >= 4 is 10.8 Å². The molecule has 0 radical (unpaired) electrons. The van der Waals surface area contributed by atoms with Crippen LogP contribution in [0, 0.1) is 11.7 Å². The Labute approximate surface area is 273 Å². The van der Waals surface area contributed by atoms with E-state index in [1.807, 2.05) is 0 Å². The van der Waals surface area contributed by atoms with E-state index in [0.29, 0.717) is 5.92 Å². The molecule has 2 aliphatic rings. The van der Waals surface area contributed by atoms with Crippen LogP contribution < -0.4 is 9.13 Å². The first-order valence-electron chi connectivity index (χ1n) is 17.2. The van der Waals surface area contributed by atoms with Crippen molar-refractivity contribution in [2.75, 3.05) is 0 Å². The van der Waals surface area contributed by atoms with Gasteiger partial charge >= 0.3 is 0 Å². The molecule has 0 bridgehead atoms. The van der Waals surface area contributed by atoms with Crippen molar-refractivity contribution in [2.24, 2.45) is 13.0 Å². The van der Waals surface area contributed by atoms with E-state index < -0.39 is 5.41 Å². The van der Waals surface area contributed by atoms with Crippen LogP contribution in [0.1, 0.15) is 96.5 Å². The summed E-state index contributed by atoms with van der Waals surface area (Å²) in [5.74, 6) is 0.198. The molecule has 5 heteroatoms. The molecule has 7 rings (SSSR count). The summed E-state index contributed by atoms with van der Waals surface area (Å²) in [5.41, 5.74) is 8.42. The molecule has 0 saturated carbocycles. The molecular weight excluding hydrogens is 567 g/mol. The van der Waals surface area contributed by atoms with Gasteiger partial charge in [0.1, 0.15) is 18.6 Å². The number of hydrogen-bond acceptors (Lipinski definition) is 1. The predicted molar refractivity (Wildman–Crippen MR) is 184 cm³/mol. The van der Waals surface area contributed by atoms with Crippen LogP contribution in [-0.4, -0.2) is 9.78 Å². The number of rotatable bonds is 8. The van der Waals surface area contributed by atoms with Crippen molar-refractivity contribution in [3.05, 3.63) is 101 Å². The highest BCUT2D eigenvalue weighted by Crippen LogP contribution is 2.55. The zero-order chi connectivity index (χ0) is 32.6. The number of unbranched alkanes of at least 4 members (excludes halogenated alkanes) is 1. The Kier molecular flexibility index (Phi) is 7.26. The number of halogens is 1. The van der Waals surface area contributed by atoms with E-state index in [4.69, 9.17) is 5.10 Å². The average Bonchev–Trinajstić information content (AvgIpc) is 3.46. The molecule has 0 amide bonds. The molecule has 4 nitrogen and oxygen atoms in total. The van der Waals surface area contributed by atoms with Crippen LogP contribution in [0.5, 0.6) is 0 Å². The zero-order valence-electron chi connectivity index (χ0n) is 28.9. The molecule has 4 heterocycles. The van der Waals surface area contributed by atoms with Crippen molar-refractivity contribution in [1.29, 1.82) is 0 Å². The summed E-state index contributed by atoms with van der Waals surface area (Å²) in [6, 6.07) is 21.4. The summed E-state index contributed by atoms with van der Waals surface area (Å²) in [7, 11) is 2.12. The molecule has 0 N–H and O–H groups in total. The standard InChI is InChI=1S/C41H49FN4/c1-9-11-16-28(25-46-33(24-34(43-46)39(3,4)5)32-18-12-13-22-44(32)8)41(10-2)26-45-23-21-27-15-14-17-29-35(27)38(45)36-30(41)19-20-31(42)37(36)40(29,6)7/h12-15,17-24,28H,9-11,16,25-26H2,1-8H3/q+2. The highest BCUT2D eigenvalue weighted by atomic mass is 19.1. The van der Waals surface area contributed by atoms with Gasteiger partial charge < -0.3 is 0 Å². The Balaban J connectivity index is 1.47. The second kappa shape index (κ2) is 10.9. The largest absolute Gasteiger partial charge is 0.258 e. The van der Waals surface area contributed by atoms with Crippen LogP contribution in [0.3, 0.4) is 0 Å². The molecule has 3 aromatic heterocycles. The lowest BCUT2D eigenvalue weighted by atomic mass is 9.59. The zero-order valence-corrected chi connectivity index (χ0v) is 28.9. The third-order valence-corrected chi connectivity index (χ3v) is 11.3. The van der Waals surface area contributed by atoms with E-state index in [1.54, 1.807) is 6.07 Å². The van der Waals surface area contributed by atoms with Crippen molar-refractivity contribution in [3.8, 4) is 22.6 Å². The molecule has 1 aliphatic carbocycles. The summed E-state index contributed by atoms with van der Waals surface area (Å²) in [6.07, 6.45) is 8.70. The number of benzene rings is 2. The Morgan fingerprint density at radius 2 is 1.78 bits per heavy atom. The summed E-state index contributed by atoms with van der Waals surface area (Å²) < 4.78 is 23.2. The van der Waals surface area contributed by atoms with Crippen LogP contribution in [0.25, 0.3) is 33.4 Å². The first kappa shape index (κ1) is 30.8.